The average Bonchev–Trinajstić information content (AvgIpc) is 2.91. The highest BCUT2D eigenvalue weighted by molar-refractivity contribution is 6.06. The van der Waals surface area contributed by atoms with E-state index in [1.165, 1.54) is 0 Å². The molecule has 8 nitrogen and oxygen atoms in total. The third-order valence-electron chi connectivity index (χ3n) is 6.45. The number of carbonyl (C=O) groups excluding carboxylic acids is 3. The molecule has 0 aromatic heterocycles. The van der Waals surface area contributed by atoms with E-state index in [0.29, 0.717) is 55.5 Å². The van der Waals surface area contributed by atoms with Gasteiger partial charge in [0.05, 0.1) is 23.8 Å². The van der Waals surface area contributed by atoms with Crippen molar-refractivity contribution in [3.8, 4) is 11.5 Å². The first-order chi connectivity index (χ1) is 17.6. The summed E-state index contributed by atoms with van der Waals surface area (Å²) in [4.78, 5) is 42.4. The van der Waals surface area contributed by atoms with E-state index in [1.807, 2.05) is 48.5 Å². The van der Waals surface area contributed by atoms with Gasteiger partial charge in [-0.1, -0.05) is 48.5 Å². The normalized spacial score (nSPS) is 14.8. The van der Waals surface area contributed by atoms with Gasteiger partial charge in [-0.15, -0.1) is 0 Å². The van der Waals surface area contributed by atoms with Crippen LogP contribution in [0.3, 0.4) is 0 Å². The van der Waals surface area contributed by atoms with Crippen molar-refractivity contribution >= 4 is 23.6 Å². The summed E-state index contributed by atoms with van der Waals surface area (Å²) in [6, 6.07) is 22.0. The van der Waals surface area contributed by atoms with Crippen LogP contribution < -0.4 is 10.1 Å². The first kappa shape index (κ1) is 23.4. The predicted octanol–water partition coefficient (Wildman–Crippen LogP) is 4.48. The van der Waals surface area contributed by atoms with Gasteiger partial charge in [0.2, 0.25) is 5.91 Å². The molecule has 0 aliphatic carbocycles. The molecule has 0 atom stereocenters. The number of ether oxygens (including phenoxy) is 2. The van der Waals surface area contributed by atoms with E-state index in [2.05, 4.69) is 5.32 Å². The van der Waals surface area contributed by atoms with Gasteiger partial charge in [0.25, 0.3) is 5.91 Å². The maximum absolute atomic E-state index is 13.7. The van der Waals surface area contributed by atoms with Crippen molar-refractivity contribution in [2.45, 2.75) is 12.8 Å². The topological polar surface area (TPSA) is 88.2 Å². The lowest BCUT2D eigenvalue weighted by molar-refractivity contribution is -0.116. The minimum absolute atomic E-state index is 0.192. The van der Waals surface area contributed by atoms with E-state index in [-0.39, 0.29) is 17.9 Å². The Morgan fingerprint density at radius 1 is 0.833 bits per heavy atom. The number of anilines is 1. The second-order valence-electron chi connectivity index (χ2n) is 8.62. The molecule has 0 saturated carbocycles. The summed E-state index contributed by atoms with van der Waals surface area (Å²) in [5.41, 5.74) is 2.39. The lowest BCUT2D eigenvalue weighted by Crippen LogP contribution is -2.50. The van der Waals surface area contributed by atoms with Crippen LogP contribution in [0.15, 0.2) is 72.8 Å². The van der Waals surface area contributed by atoms with Crippen LogP contribution in [0.25, 0.3) is 0 Å². The molecule has 0 radical (unpaired) electrons. The van der Waals surface area contributed by atoms with Crippen LogP contribution in [0.1, 0.15) is 34.3 Å². The zero-order valence-corrected chi connectivity index (χ0v) is 20.0. The van der Waals surface area contributed by atoms with E-state index >= 15 is 0 Å². The highest BCUT2D eigenvalue weighted by Crippen LogP contribution is 2.44. The number of carbonyl (C=O) groups is 3. The molecule has 1 N–H and O–H groups in total. The SMILES string of the molecule is CCOC(=O)N1CCN(C(=O)c2ccccc2NC(=O)C2c3ccccc3Oc3ccccc32)CC1. The minimum atomic E-state index is -0.581. The molecule has 1 saturated heterocycles. The number of benzene rings is 3. The number of para-hydroxylation sites is 3. The number of hydrogen-bond acceptors (Lipinski definition) is 5. The Labute approximate surface area is 209 Å². The molecule has 3 aromatic carbocycles. The maximum atomic E-state index is 13.7. The van der Waals surface area contributed by atoms with Crippen LogP contribution in [0, 0.1) is 0 Å². The summed E-state index contributed by atoms with van der Waals surface area (Å²) in [7, 11) is 0. The van der Waals surface area contributed by atoms with Crippen LogP contribution >= 0.6 is 0 Å². The summed E-state index contributed by atoms with van der Waals surface area (Å²) in [5.74, 6) is 0.260. The standard InChI is InChI=1S/C28H27N3O5/c1-2-35-28(34)31-17-15-30(16-18-31)27(33)19-9-3-6-12-22(19)29-26(32)25-20-10-4-7-13-23(20)36-24-14-8-5-11-21(24)25/h3-14,25H,2,15-18H2,1H3,(H,29,32). The molecule has 2 heterocycles. The highest BCUT2D eigenvalue weighted by atomic mass is 16.6. The second kappa shape index (κ2) is 10.1. The van der Waals surface area contributed by atoms with Crippen LogP contribution in [0.4, 0.5) is 10.5 Å². The van der Waals surface area contributed by atoms with Gasteiger partial charge in [-0.25, -0.2) is 4.79 Å². The van der Waals surface area contributed by atoms with Gasteiger partial charge in [-0.05, 0) is 31.2 Å². The highest BCUT2D eigenvalue weighted by Gasteiger charge is 2.33. The van der Waals surface area contributed by atoms with Crippen molar-refractivity contribution in [1.82, 2.24) is 9.80 Å². The van der Waals surface area contributed by atoms with Crippen LogP contribution in [-0.4, -0.2) is 60.5 Å². The van der Waals surface area contributed by atoms with Gasteiger partial charge in [0.1, 0.15) is 11.5 Å². The molecule has 0 spiro atoms. The quantitative estimate of drug-likeness (QED) is 0.589. The first-order valence-electron chi connectivity index (χ1n) is 12.0. The van der Waals surface area contributed by atoms with Gasteiger partial charge >= 0.3 is 6.09 Å². The minimum Gasteiger partial charge on any atom is -0.457 e. The fourth-order valence-corrected chi connectivity index (χ4v) is 4.65. The number of nitrogens with zero attached hydrogens (tertiary/aromatic N) is 2. The smallest absolute Gasteiger partial charge is 0.409 e. The van der Waals surface area contributed by atoms with Crippen molar-refractivity contribution in [2.75, 3.05) is 38.1 Å². The maximum Gasteiger partial charge on any atom is 0.409 e. The number of fused-ring (bicyclic) bond motifs is 2. The van der Waals surface area contributed by atoms with Gasteiger partial charge in [0.15, 0.2) is 0 Å². The van der Waals surface area contributed by atoms with Crippen LogP contribution in [0.5, 0.6) is 11.5 Å². The Morgan fingerprint density at radius 3 is 2.03 bits per heavy atom. The first-order valence-corrected chi connectivity index (χ1v) is 12.0. The molecule has 184 valence electrons. The Hall–Kier alpha value is -4.33. The summed E-state index contributed by atoms with van der Waals surface area (Å²) in [5, 5.41) is 3.00. The van der Waals surface area contributed by atoms with E-state index in [1.54, 1.807) is 41.0 Å². The van der Waals surface area contributed by atoms with Crippen molar-refractivity contribution < 1.29 is 23.9 Å². The molecule has 3 amide bonds. The van der Waals surface area contributed by atoms with Crippen molar-refractivity contribution in [3.05, 3.63) is 89.5 Å². The summed E-state index contributed by atoms with van der Waals surface area (Å²) >= 11 is 0. The summed E-state index contributed by atoms with van der Waals surface area (Å²) in [6.07, 6.45) is -0.366. The Bertz CT molecular complexity index is 1250. The molecule has 0 bridgehead atoms. The number of piperazine rings is 1. The van der Waals surface area contributed by atoms with Crippen molar-refractivity contribution in [3.63, 3.8) is 0 Å². The van der Waals surface area contributed by atoms with Crippen LogP contribution in [0.2, 0.25) is 0 Å². The number of rotatable bonds is 4. The van der Waals surface area contributed by atoms with E-state index < -0.39 is 5.92 Å². The zero-order valence-electron chi connectivity index (χ0n) is 20.0. The average molecular weight is 486 g/mol. The van der Waals surface area contributed by atoms with Crippen LogP contribution in [-0.2, 0) is 9.53 Å². The fourth-order valence-electron chi connectivity index (χ4n) is 4.65. The molecule has 36 heavy (non-hydrogen) atoms. The molecule has 2 aliphatic heterocycles. The second-order valence-corrected chi connectivity index (χ2v) is 8.62. The molecular formula is C28H27N3O5. The molecule has 8 heteroatoms. The molecule has 5 rings (SSSR count). The lowest BCUT2D eigenvalue weighted by Gasteiger charge is -2.34. The zero-order chi connectivity index (χ0) is 25.1. The summed E-state index contributed by atoms with van der Waals surface area (Å²) < 4.78 is 11.1. The molecule has 1 fully saturated rings. The number of hydrogen-bond donors (Lipinski definition) is 1. The number of amides is 3. The van der Waals surface area contributed by atoms with Gasteiger partial charge < -0.3 is 24.6 Å². The van der Waals surface area contributed by atoms with E-state index in [9.17, 15) is 14.4 Å². The largest absolute Gasteiger partial charge is 0.457 e. The third kappa shape index (κ3) is 4.49. The van der Waals surface area contributed by atoms with Gasteiger partial charge in [-0.2, -0.15) is 0 Å². The van der Waals surface area contributed by atoms with Gasteiger partial charge in [0, 0.05) is 37.3 Å². The molecule has 2 aliphatic rings. The van der Waals surface area contributed by atoms with E-state index in [4.69, 9.17) is 9.47 Å². The summed E-state index contributed by atoms with van der Waals surface area (Å²) in [6.45, 7) is 3.65. The third-order valence-corrected chi connectivity index (χ3v) is 6.45. The molecule has 3 aromatic rings. The number of nitrogens with one attached hydrogen (secondary N) is 1. The van der Waals surface area contributed by atoms with Crippen molar-refractivity contribution in [1.29, 1.82) is 0 Å². The Morgan fingerprint density at radius 2 is 1.39 bits per heavy atom. The fraction of sp³-hybridized carbons (Fsp3) is 0.250. The predicted molar refractivity (Wildman–Crippen MR) is 134 cm³/mol. The Balaban J connectivity index is 1.36. The van der Waals surface area contributed by atoms with E-state index in [0.717, 1.165) is 11.1 Å². The molecule has 0 unspecified atom stereocenters. The molecular weight excluding hydrogens is 458 g/mol. The van der Waals surface area contributed by atoms with Crippen molar-refractivity contribution in [2.24, 2.45) is 0 Å². The lowest BCUT2D eigenvalue weighted by atomic mass is 9.87. The van der Waals surface area contributed by atoms with Gasteiger partial charge in [-0.3, -0.25) is 9.59 Å². The Kier molecular flexibility index (Phi) is 6.58. The monoisotopic (exact) mass is 485 g/mol.